The summed E-state index contributed by atoms with van der Waals surface area (Å²) in [5, 5.41) is 31.6. The Morgan fingerprint density at radius 3 is 2.67 bits per heavy atom. The van der Waals surface area contributed by atoms with E-state index in [0.29, 0.717) is 25.7 Å². The van der Waals surface area contributed by atoms with Crippen LogP contribution in [0.25, 0.3) is 0 Å². The molecule has 0 radical (unpaired) electrons. The van der Waals surface area contributed by atoms with Crippen molar-refractivity contribution in [2.24, 2.45) is 17.3 Å². The number of alkyl halides is 1. The van der Waals surface area contributed by atoms with Crippen LogP contribution in [-0.2, 0) is 35.7 Å². The summed E-state index contributed by atoms with van der Waals surface area (Å²) in [6.07, 6.45) is 2.97. The minimum atomic E-state index is -1.85. The van der Waals surface area contributed by atoms with Crippen molar-refractivity contribution in [3.8, 4) is 0 Å². The van der Waals surface area contributed by atoms with Gasteiger partial charge in [-0.1, -0.05) is 0 Å². The molecule has 4 rings (SSSR count). The van der Waals surface area contributed by atoms with Crippen LogP contribution in [0.2, 0.25) is 2.92 Å². The summed E-state index contributed by atoms with van der Waals surface area (Å²) in [5.41, 5.74) is -3.56. The monoisotopic (exact) mass is 567 g/mol. The van der Waals surface area contributed by atoms with Crippen molar-refractivity contribution in [1.29, 1.82) is 0 Å². The van der Waals surface area contributed by atoms with E-state index >= 15 is 4.39 Å². The molecule has 0 aromatic rings. The molecule has 145 valence electrons. The number of aliphatic hydroxyl groups is 3. The Morgan fingerprint density at radius 2 is 2.00 bits per heavy atom. The van der Waals surface area contributed by atoms with Crippen molar-refractivity contribution >= 4 is 11.6 Å². The molecule has 3 N–H and O–H groups in total. The maximum absolute atomic E-state index is 16.8. The Kier molecular flexibility index (Phi) is 4.59. The Labute approximate surface area is 174 Å². The first-order valence-corrected chi connectivity index (χ1v) is 12.6. The molecule has 0 aromatic carbocycles. The molecule has 27 heavy (non-hydrogen) atoms. The Hall–Kier alpha value is -0.175. The van der Waals surface area contributed by atoms with Gasteiger partial charge in [0, 0.05) is 0 Å². The molecule has 4 aliphatic carbocycles. The number of carbonyl (C=O) groups is 2. The first-order chi connectivity index (χ1) is 12.5. The molecule has 0 saturated heterocycles. The van der Waals surface area contributed by atoms with Crippen LogP contribution < -0.4 is 0 Å². The zero-order valence-corrected chi connectivity index (χ0v) is 21.2. The van der Waals surface area contributed by atoms with Gasteiger partial charge in [-0.25, -0.2) is 0 Å². The van der Waals surface area contributed by atoms with E-state index in [1.165, 1.54) is 0 Å². The third kappa shape index (κ3) is 2.30. The van der Waals surface area contributed by atoms with Crippen LogP contribution in [0.5, 0.6) is 0 Å². The Balaban J connectivity index is 1.80. The van der Waals surface area contributed by atoms with Crippen LogP contribution in [0.3, 0.4) is 0 Å². The number of ketones is 2. The predicted octanol–water partition coefficient (Wildman–Crippen LogP) is 1.57. The topological polar surface area (TPSA) is 94.8 Å². The molecule has 3 fully saturated rings. The number of rotatable bonds is 2. The van der Waals surface area contributed by atoms with E-state index in [4.69, 9.17) is 0 Å². The fourth-order valence-corrected chi connectivity index (χ4v) is 11.3. The third-order valence-corrected chi connectivity index (χ3v) is 13.9. The van der Waals surface area contributed by atoms with Crippen LogP contribution in [0, 0.1) is 17.3 Å². The van der Waals surface area contributed by atoms with Crippen molar-refractivity contribution in [3.05, 3.63) is 11.6 Å². The van der Waals surface area contributed by atoms with E-state index in [1.807, 2.05) is 6.92 Å². The molecule has 0 amide bonds. The molecule has 3 unspecified atom stereocenters. The molecule has 7 heteroatoms. The average Bonchev–Trinajstić information content (AvgIpc) is 2.88. The quantitative estimate of drug-likeness (QED) is 0.442. The van der Waals surface area contributed by atoms with E-state index in [0.717, 1.165) is 5.57 Å². The van der Waals surface area contributed by atoms with Gasteiger partial charge in [0.15, 0.2) is 0 Å². The average molecular weight is 566 g/mol. The SMILES string of the molecule is C[C@]12CCC(=O)C=C1CCC1C3CC[C@](O)(C(=O)CO)[C]3([Hg])C[C@H](O)[C@@]12F. The summed E-state index contributed by atoms with van der Waals surface area (Å²) >= 11 is -0.0914. The zero-order chi connectivity index (χ0) is 19.8. The Bertz CT molecular complexity index is 740. The summed E-state index contributed by atoms with van der Waals surface area (Å²) in [7, 11) is 0. The molecule has 4 aliphatic rings. The fourth-order valence-electron chi connectivity index (χ4n) is 6.93. The van der Waals surface area contributed by atoms with Gasteiger partial charge in [-0.3, -0.25) is 0 Å². The van der Waals surface area contributed by atoms with Crippen molar-refractivity contribution < 1.29 is 55.4 Å². The van der Waals surface area contributed by atoms with E-state index in [9.17, 15) is 24.9 Å². The van der Waals surface area contributed by atoms with Crippen LogP contribution >= 0.6 is 0 Å². The third-order valence-electron chi connectivity index (χ3n) is 8.51. The van der Waals surface area contributed by atoms with Gasteiger partial charge >= 0.3 is 175 Å². The van der Waals surface area contributed by atoms with E-state index < -0.39 is 44.0 Å². The van der Waals surface area contributed by atoms with Crippen molar-refractivity contribution in [1.82, 2.24) is 0 Å². The standard InChI is InChI=1S/C20H26FO5.Hg/c1-18-6-4-12(23)8-11(18)2-3-14-13-5-7-19(26,17(25)10-22)15(13)9-16(24)20(14,18)21;/h8,13-14,16,22,24,26H,2-7,9-10H2,1H3;/t13?,14?,16-,18-,19+,20-;/m0./s1. The molecule has 0 aromatic heterocycles. The maximum atomic E-state index is 16.8. The summed E-state index contributed by atoms with van der Waals surface area (Å²) in [6, 6.07) is 0. The van der Waals surface area contributed by atoms with Gasteiger partial charge in [-0.2, -0.15) is 0 Å². The van der Waals surface area contributed by atoms with Crippen molar-refractivity contribution in [2.45, 2.75) is 72.2 Å². The second-order valence-corrected chi connectivity index (χ2v) is 14.2. The number of aliphatic hydroxyl groups excluding tert-OH is 2. The van der Waals surface area contributed by atoms with Crippen molar-refractivity contribution in [3.63, 3.8) is 0 Å². The molecule has 0 bridgehead atoms. The van der Waals surface area contributed by atoms with Crippen LogP contribution in [0.4, 0.5) is 4.39 Å². The first kappa shape index (κ1) is 20.1. The van der Waals surface area contributed by atoms with Crippen LogP contribution in [0.15, 0.2) is 11.6 Å². The summed E-state index contributed by atoms with van der Waals surface area (Å²) in [4.78, 5) is 24.3. The number of hydrogen-bond acceptors (Lipinski definition) is 5. The van der Waals surface area contributed by atoms with Gasteiger partial charge in [-0.15, -0.1) is 0 Å². The molecular weight excluding hydrogens is 540 g/mol. The van der Waals surface area contributed by atoms with Gasteiger partial charge in [0.05, 0.1) is 0 Å². The number of carbonyl (C=O) groups excluding carboxylic acids is 2. The van der Waals surface area contributed by atoms with Gasteiger partial charge in [-0.05, 0) is 0 Å². The fraction of sp³-hybridized carbons (Fsp3) is 0.800. The molecule has 3 saturated carbocycles. The normalized spacial score (nSPS) is 51.9. The summed E-state index contributed by atoms with van der Waals surface area (Å²) < 4.78 is 16.0. The van der Waals surface area contributed by atoms with E-state index in [2.05, 4.69) is 0 Å². The summed E-state index contributed by atoms with van der Waals surface area (Å²) in [5.74, 6) is -1.16. The van der Waals surface area contributed by atoms with E-state index in [1.54, 1.807) is 6.08 Å². The molecule has 5 nitrogen and oxygen atoms in total. The second-order valence-electron chi connectivity index (χ2n) is 9.34. The number of allylic oxidation sites excluding steroid dienone is 1. The Morgan fingerprint density at radius 1 is 1.30 bits per heavy atom. The van der Waals surface area contributed by atoms with Crippen LogP contribution in [-0.4, -0.2) is 50.9 Å². The summed E-state index contributed by atoms with van der Waals surface area (Å²) in [6.45, 7) is 1.11. The zero-order valence-electron chi connectivity index (χ0n) is 15.7. The number of halogens is 1. The molecule has 0 aliphatic heterocycles. The predicted molar refractivity (Wildman–Crippen MR) is 90.1 cm³/mol. The van der Waals surface area contributed by atoms with Gasteiger partial charge in [0.1, 0.15) is 0 Å². The number of hydrogen-bond donors (Lipinski definition) is 3. The van der Waals surface area contributed by atoms with Gasteiger partial charge in [0.2, 0.25) is 0 Å². The minimum absolute atomic E-state index is 0.0267. The van der Waals surface area contributed by atoms with Gasteiger partial charge < -0.3 is 0 Å². The molecular formula is C20H26FHgO5. The van der Waals surface area contributed by atoms with E-state index in [-0.39, 0.29) is 57.1 Å². The second kappa shape index (κ2) is 6.16. The molecule has 7 atom stereocenters. The van der Waals surface area contributed by atoms with Gasteiger partial charge in [0.25, 0.3) is 0 Å². The first-order valence-electron chi connectivity index (χ1n) is 9.87. The molecule has 0 spiro atoms. The number of Topliss-reactive ketones (excluding diaryl/α,β-unsaturated/α-hetero) is 1. The number of fused-ring (bicyclic) bond motifs is 5. The van der Waals surface area contributed by atoms with Crippen molar-refractivity contribution in [2.75, 3.05) is 6.61 Å². The van der Waals surface area contributed by atoms with Crippen LogP contribution in [0.1, 0.15) is 51.9 Å². The molecule has 0 heterocycles.